The van der Waals surface area contributed by atoms with Crippen LogP contribution in [0.1, 0.15) is 85.4 Å². The number of aryl methyl sites for hydroxylation is 1. The Labute approximate surface area is 364 Å². The summed E-state index contributed by atoms with van der Waals surface area (Å²) in [6.45, 7) is 7.54. The first-order chi connectivity index (χ1) is 30.2. The van der Waals surface area contributed by atoms with Crippen LogP contribution < -0.4 is 10.8 Å². The lowest BCUT2D eigenvalue weighted by atomic mass is 10.0. The Bertz CT molecular complexity index is 2510. The Kier molecular flexibility index (Phi) is 16.3. The molecule has 0 bridgehead atoms. The summed E-state index contributed by atoms with van der Waals surface area (Å²) in [4.78, 5) is 46.0. The van der Waals surface area contributed by atoms with Crippen molar-refractivity contribution in [2.45, 2.75) is 78.7 Å². The summed E-state index contributed by atoms with van der Waals surface area (Å²) >= 11 is 0. The number of anilines is 2. The van der Waals surface area contributed by atoms with Gasteiger partial charge in [-0.05, 0) is 145 Å². The predicted octanol–water partition coefficient (Wildman–Crippen LogP) is 13.4. The van der Waals surface area contributed by atoms with Gasteiger partial charge in [-0.25, -0.2) is 10.3 Å². The number of nitrogens with zero attached hydrogens (tertiary/aromatic N) is 4. The van der Waals surface area contributed by atoms with E-state index in [-0.39, 0.29) is 6.10 Å². The summed E-state index contributed by atoms with van der Waals surface area (Å²) in [6, 6.07) is 51.5. The van der Waals surface area contributed by atoms with E-state index >= 15 is 0 Å². The standard InChI is InChI=1S/C52H52N6O4/c1-5-7-50(8-6-2)61-52(60)57-51-34-44(10-9-37(51)3)33-43-17-27-48(28-18-43)56-36-55-46-23-13-40(14-24-46)31-39-11-21-45(22-12-39)53-35-54-47-25-15-41(16-26-47)32-42-19-29-49(30-20-42)58-62-38(4)59/h9-30,34,50,58H,5-8,31-33H2,1-4H3,(H,57,60). The molecule has 0 saturated carbocycles. The molecule has 0 aliphatic carbocycles. The van der Waals surface area contributed by atoms with E-state index < -0.39 is 12.1 Å². The molecule has 1 amide bonds. The third-order valence-electron chi connectivity index (χ3n) is 9.99. The van der Waals surface area contributed by atoms with Crippen molar-refractivity contribution in [3.63, 3.8) is 0 Å². The first-order valence-electron chi connectivity index (χ1n) is 21.0. The fourth-order valence-electron chi connectivity index (χ4n) is 6.67. The number of carbonyl (C=O) groups excluding carboxylic acids is 2. The highest BCUT2D eigenvalue weighted by Gasteiger charge is 2.14. The molecule has 0 spiro atoms. The Morgan fingerprint density at radius 1 is 0.548 bits per heavy atom. The molecule has 0 aromatic heterocycles. The van der Waals surface area contributed by atoms with Crippen LogP contribution in [0.4, 0.5) is 38.9 Å². The number of hydrogen-bond acceptors (Lipinski definition) is 9. The van der Waals surface area contributed by atoms with Crippen molar-refractivity contribution in [2.24, 2.45) is 20.0 Å². The van der Waals surface area contributed by atoms with E-state index in [1.54, 1.807) is 0 Å². The van der Waals surface area contributed by atoms with E-state index in [9.17, 15) is 9.59 Å². The molecule has 0 saturated heterocycles. The highest BCUT2D eigenvalue weighted by molar-refractivity contribution is 5.86. The maximum atomic E-state index is 12.6. The van der Waals surface area contributed by atoms with Gasteiger partial charge in [-0.2, -0.15) is 20.0 Å². The van der Waals surface area contributed by atoms with Crippen LogP contribution in [0.5, 0.6) is 0 Å². The maximum Gasteiger partial charge on any atom is 0.411 e. The quantitative estimate of drug-likeness (QED) is 0.0659. The van der Waals surface area contributed by atoms with Gasteiger partial charge in [0.05, 0.1) is 28.4 Å². The summed E-state index contributed by atoms with van der Waals surface area (Å²) in [5.41, 5.74) is 15.0. The Balaban J connectivity index is 0.948. The second-order valence-electron chi connectivity index (χ2n) is 15.1. The van der Waals surface area contributed by atoms with Gasteiger partial charge in [0.2, 0.25) is 0 Å². The first kappa shape index (κ1) is 44.2. The lowest BCUT2D eigenvalue weighted by molar-refractivity contribution is -0.138. The molecule has 0 aliphatic heterocycles. The van der Waals surface area contributed by atoms with E-state index in [0.29, 0.717) is 12.1 Å². The highest BCUT2D eigenvalue weighted by atomic mass is 16.7. The van der Waals surface area contributed by atoms with Crippen LogP contribution in [0.15, 0.2) is 159 Å². The number of amides is 1. The molecule has 10 heteroatoms. The second-order valence-corrected chi connectivity index (χ2v) is 15.1. The van der Waals surface area contributed by atoms with Crippen molar-refractivity contribution in [3.8, 4) is 0 Å². The van der Waals surface area contributed by atoms with E-state index in [2.05, 4.69) is 87.0 Å². The minimum atomic E-state index is -0.399. The summed E-state index contributed by atoms with van der Waals surface area (Å²) in [5, 5.41) is 2.95. The van der Waals surface area contributed by atoms with E-state index in [4.69, 9.17) is 9.57 Å². The van der Waals surface area contributed by atoms with Crippen LogP contribution in [0, 0.1) is 6.92 Å². The molecule has 0 atom stereocenters. The Morgan fingerprint density at radius 2 is 0.919 bits per heavy atom. The van der Waals surface area contributed by atoms with Gasteiger partial charge >= 0.3 is 12.1 Å². The molecule has 6 aromatic carbocycles. The number of benzene rings is 6. The molecule has 10 nitrogen and oxygen atoms in total. The van der Waals surface area contributed by atoms with Crippen LogP contribution >= 0.6 is 0 Å². The Morgan fingerprint density at radius 3 is 1.31 bits per heavy atom. The minimum Gasteiger partial charge on any atom is -0.446 e. The van der Waals surface area contributed by atoms with Crippen LogP contribution in [0.25, 0.3) is 0 Å². The number of rotatable bonds is 18. The number of carbonyl (C=O) groups is 2. The van der Waals surface area contributed by atoms with Crippen LogP contribution in [0.3, 0.4) is 0 Å². The lowest BCUT2D eigenvalue weighted by Gasteiger charge is -2.18. The molecule has 0 unspecified atom stereocenters. The van der Waals surface area contributed by atoms with Gasteiger partial charge in [-0.15, -0.1) is 0 Å². The van der Waals surface area contributed by atoms with Crippen molar-refractivity contribution < 1.29 is 19.2 Å². The van der Waals surface area contributed by atoms with E-state index in [0.717, 1.165) is 106 Å². The molecule has 0 aliphatic rings. The van der Waals surface area contributed by atoms with Gasteiger partial charge in [0.15, 0.2) is 0 Å². The maximum absolute atomic E-state index is 12.6. The molecule has 0 fully saturated rings. The molecular formula is C52H52N6O4. The lowest BCUT2D eigenvalue weighted by Crippen LogP contribution is -2.22. The van der Waals surface area contributed by atoms with Crippen LogP contribution in [-0.4, -0.2) is 30.2 Å². The minimum absolute atomic E-state index is 0.0563. The van der Waals surface area contributed by atoms with Gasteiger partial charge in [0, 0.05) is 12.6 Å². The zero-order chi connectivity index (χ0) is 43.5. The molecule has 62 heavy (non-hydrogen) atoms. The van der Waals surface area contributed by atoms with Crippen molar-refractivity contribution in [1.82, 2.24) is 0 Å². The number of ether oxygens (including phenoxy) is 1. The van der Waals surface area contributed by atoms with E-state index in [1.165, 1.54) is 6.92 Å². The third-order valence-corrected chi connectivity index (χ3v) is 9.99. The third kappa shape index (κ3) is 14.4. The normalized spacial score (nSPS) is 10.5. The van der Waals surface area contributed by atoms with Gasteiger partial charge in [-0.1, -0.05) is 99.5 Å². The number of hydrogen-bond donors (Lipinski definition) is 2. The zero-order valence-electron chi connectivity index (χ0n) is 35.7. The van der Waals surface area contributed by atoms with Crippen LogP contribution in [-0.2, 0) is 33.6 Å². The fraction of sp³-hybridized carbons (Fsp3) is 0.231. The molecule has 2 N–H and O–H groups in total. The summed E-state index contributed by atoms with van der Waals surface area (Å²) in [5.74, 6) is -0.393. The second kappa shape index (κ2) is 22.8. The van der Waals surface area contributed by atoms with Crippen molar-refractivity contribution in [2.75, 3.05) is 10.8 Å². The summed E-state index contributed by atoms with van der Waals surface area (Å²) in [7, 11) is 0. The molecule has 0 heterocycles. The zero-order valence-corrected chi connectivity index (χ0v) is 35.7. The molecule has 0 radical (unpaired) electrons. The SMILES string of the molecule is CCCC(CCC)OC(=O)Nc1cc(Cc2ccc(N=C=Nc3ccc(Cc4ccc(N=C=Nc5ccc(Cc6ccc(NOC(C)=O)cc6)cc5)cc4)cc3)cc2)ccc1C. The van der Waals surface area contributed by atoms with Crippen LogP contribution in [0.2, 0.25) is 0 Å². The topological polar surface area (TPSA) is 126 Å². The average Bonchev–Trinajstić information content (AvgIpc) is 3.27. The van der Waals surface area contributed by atoms with Crippen molar-refractivity contribution >= 4 is 58.2 Å². The number of aliphatic imine (C=N–C) groups is 4. The van der Waals surface area contributed by atoms with Gasteiger partial charge in [-0.3, -0.25) is 10.1 Å². The smallest absolute Gasteiger partial charge is 0.411 e. The van der Waals surface area contributed by atoms with Gasteiger partial charge < -0.3 is 9.57 Å². The van der Waals surface area contributed by atoms with E-state index in [1.807, 2.05) is 116 Å². The molecule has 6 rings (SSSR count). The molecule has 6 aromatic rings. The monoisotopic (exact) mass is 824 g/mol. The first-order valence-corrected chi connectivity index (χ1v) is 21.0. The van der Waals surface area contributed by atoms with Gasteiger partial charge in [0.25, 0.3) is 0 Å². The average molecular weight is 825 g/mol. The summed E-state index contributed by atoms with van der Waals surface area (Å²) < 4.78 is 5.70. The summed E-state index contributed by atoms with van der Waals surface area (Å²) in [6.07, 6.45) is 5.49. The fourth-order valence-corrected chi connectivity index (χ4v) is 6.67. The van der Waals surface area contributed by atoms with Crippen molar-refractivity contribution in [1.29, 1.82) is 0 Å². The van der Waals surface area contributed by atoms with Crippen molar-refractivity contribution in [3.05, 3.63) is 178 Å². The predicted molar refractivity (Wildman–Crippen MR) is 249 cm³/mol. The largest absolute Gasteiger partial charge is 0.446 e. The molecule has 314 valence electrons. The molecular weight excluding hydrogens is 773 g/mol. The Hall–Kier alpha value is -7.38. The highest BCUT2D eigenvalue weighted by Crippen LogP contribution is 2.23. The number of nitrogens with one attached hydrogen (secondary N) is 2. The van der Waals surface area contributed by atoms with Gasteiger partial charge in [0.1, 0.15) is 18.1 Å².